The molecule has 4 nitrogen and oxygen atoms in total. The molecule has 0 saturated carbocycles. The Balaban J connectivity index is 2.06. The van der Waals surface area contributed by atoms with Crippen LogP contribution in [0.25, 0.3) is 0 Å². The molecule has 156 valence electrons. The molecule has 2 aromatic rings. The summed E-state index contributed by atoms with van der Waals surface area (Å²) in [6.45, 7) is 7.98. The van der Waals surface area contributed by atoms with Gasteiger partial charge in [-0.05, 0) is 51.0 Å². The van der Waals surface area contributed by atoms with Gasteiger partial charge in [-0.15, -0.1) is 11.8 Å². The van der Waals surface area contributed by atoms with Gasteiger partial charge >= 0.3 is 0 Å². The molecular formula is C23H29ClN2O2S. The molecular weight excluding hydrogens is 404 g/mol. The number of hydrogen-bond acceptors (Lipinski definition) is 3. The van der Waals surface area contributed by atoms with E-state index < -0.39 is 6.04 Å². The standard InChI is InChI=1S/C23H29ClN2O2S/c1-17(22(28)25-23(2,3)4)26(14-18-9-6-5-7-10-18)21(27)16-29-15-19-11-8-12-20(24)13-19/h5-13,17H,14-16H2,1-4H3,(H,25,28). The number of benzene rings is 2. The minimum Gasteiger partial charge on any atom is -0.350 e. The molecule has 0 aromatic heterocycles. The molecule has 0 heterocycles. The predicted molar refractivity (Wildman–Crippen MR) is 122 cm³/mol. The summed E-state index contributed by atoms with van der Waals surface area (Å²) in [5, 5.41) is 3.66. The first-order valence-electron chi connectivity index (χ1n) is 9.63. The SMILES string of the molecule is CC(C(=O)NC(C)(C)C)N(Cc1ccccc1)C(=O)CSCc1cccc(Cl)c1. The maximum Gasteiger partial charge on any atom is 0.242 e. The average molecular weight is 433 g/mol. The van der Waals surface area contributed by atoms with Crippen LogP contribution in [0.3, 0.4) is 0 Å². The molecule has 1 atom stereocenters. The number of carbonyl (C=O) groups excluding carboxylic acids is 2. The molecule has 6 heteroatoms. The van der Waals surface area contributed by atoms with Gasteiger partial charge in [0.05, 0.1) is 5.75 Å². The van der Waals surface area contributed by atoms with Gasteiger partial charge in [-0.2, -0.15) is 0 Å². The molecule has 0 aliphatic carbocycles. The molecule has 2 amide bonds. The summed E-state index contributed by atoms with van der Waals surface area (Å²) in [7, 11) is 0. The van der Waals surface area contributed by atoms with E-state index in [2.05, 4.69) is 5.32 Å². The van der Waals surface area contributed by atoms with E-state index in [0.717, 1.165) is 11.1 Å². The van der Waals surface area contributed by atoms with E-state index in [-0.39, 0.29) is 17.4 Å². The number of nitrogens with one attached hydrogen (secondary N) is 1. The van der Waals surface area contributed by atoms with Crippen molar-refractivity contribution in [3.8, 4) is 0 Å². The van der Waals surface area contributed by atoms with Crippen molar-refractivity contribution >= 4 is 35.2 Å². The van der Waals surface area contributed by atoms with Crippen molar-refractivity contribution in [2.24, 2.45) is 0 Å². The minimum atomic E-state index is -0.561. The second kappa shape index (κ2) is 10.7. The monoisotopic (exact) mass is 432 g/mol. The molecule has 1 unspecified atom stereocenters. The highest BCUT2D eigenvalue weighted by Gasteiger charge is 2.28. The zero-order valence-corrected chi connectivity index (χ0v) is 19.0. The van der Waals surface area contributed by atoms with Crippen molar-refractivity contribution in [1.82, 2.24) is 10.2 Å². The number of rotatable bonds is 8. The second-order valence-corrected chi connectivity index (χ2v) is 9.47. The van der Waals surface area contributed by atoms with Crippen LogP contribution in [0.1, 0.15) is 38.8 Å². The van der Waals surface area contributed by atoms with Gasteiger partial charge in [0.1, 0.15) is 6.04 Å². The summed E-state index contributed by atoms with van der Waals surface area (Å²) in [6.07, 6.45) is 0. The van der Waals surface area contributed by atoms with Gasteiger partial charge in [-0.25, -0.2) is 0 Å². The third-order valence-electron chi connectivity index (χ3n) is 4.24. The van der Waals surface area contributed by atoms with Gasteiger partial charge in [-0.1, -0.05) is 54.1 Å². The summed E-state index contributed by atoms with van der Waals surface area (Å²) < 4.78 is 0. The summed E-state index contributed by atoms with van der Waals surface area (Å²) in [4.78, 5) is 27.4. The van der Waals surface area contributed by atoms with Gasteiger partial charge < -0.3 is 10.2 Å². The number of amides is 2. The fraction of sp³-hybridized carbons (Fsp3) is 0.391. The van der Waals surface area contributed by atoms with Crippen LogP contribution < -0.4 is 5.32 Å². The lowest BCUT2D eigenvalue weighted by Crippen LogP contribution is -2.52. The Morgan fingerprint density at radius 1 is 1.07 bits per heavy atom. The first-order chi connectivity index (χ1) is 13.7. The van der Waals surface area contributed by atoms with E-state index in [0.29, 0.717) is 23.1 Å². The lowest BCUT2D eigenvalue weighted by molar-refractivity contribution is -0.139. The topological polar surface area (TPSA) is 49.4 Å². The van der Waals surface area contributed by atoms with Crippen LogP contribution in [0, 0.1) is 0 Å². The first-order valence-corrected chi connectivity index (χ1v) is 11.2. The molecule has 0 spiro atoms. The highest BCUT2D eigenvalue weighted by molar-refractivity contribution is 7.99. The van der Waals surface area contributed by atoms with Gasteiger partial charge in [0, 0.05) is 22.9 Å². The van der Waals surface area contributed by atoms with Crippen LogP contribution >= 0.6 is 23.4 Å². The summed E-state index contributed by atoms with van der Waals surface area (Å²) in [5.41, 5.74) is 1.72. The largest absolute Gasteiger partial charge is 0.350 e. The molecule has 2 aromatic carbocycles. The summed E-state index contributed by atoms with van der Waals surface area (Å²) in [5.74, 6) is 0.777. The molecule has 0 radical (unpaired) electrons. The fourth-order valence-electron chi connectivity index (χ4n) is 2.80. The molecule has 0 aliphatic heterocycles. The third kappa shape index (κ3) is 8.11. The predicted octanol–water partition coefficient (Wildman–Crippen LogP) is 4.91. The van der Waals surface area contributed by atoms with Gasteiger partial charge in [0.15, 0.2) is 0 Å². The van der Waals surface area contributed by atoms with E-state index in [1.807, 2.05) is 75.4 Å². The van der Waals surface area contributed by atoms with Crippen molar-refractivity contribution in [3.63, 3.8) is 0 Å². The Hall–Kier alpha value is -1.98. The van der Waals surface area contributed by atoms with Crippen LogP contribution in [0.15, 0.2) is 54.6 Å². The van der Waals surface area contributed by atoms with Crippen molar-refractivity contribution < 1.29 is 9.59 Å². The molecule has 1 N–H and O–H groups in total. The maximum atomic E-state index is 13.0. The third-order valence-corrected chi connectivity index (χ3v) is 5.47. The van der Waals surface area contributed by atoms with E-state index in [4.69, 9.17) is 11.6 Å². The Labute approximate surface area is 183 Å². The fourth-order valence-corrected chi connectivity index (χ4v) is 3.87. The van der Waals surface area contributed by atoms with Crippen molar-refractivity contribution in [2.75, 3.05) is 5.75 Å². The van der Waals surface area contributed by atoms with Crippen LogP contribution in [-0.2, 0) is 21.9 Å². The lowest BCUT2D eigenvalue weighted by Gasteiger charge is -2.31. The maximum absolute atomic E-state index is 13.0. The van der Waals surface area contributed by atoms with Gasteiger partial charge in [0.2, 0.25) is 11.8 Å². The van der Waals surface area contributed by atoms with Crippen LogP contribution in [-0.4, -0.2) is 34.0 Å². The van der Waals surface area contributed by atoms with Gasteiger partial charge in [0.25, 0.3) is 0 Å². The van der Waals surface area contributed by atoms with Gasteiger partial charge in [-0.3, -0.25) is 9.59 Å². The molecule has 0 bridgehead atoms. The number of hydrogen-bond donors (Lipinski definition) is 1. The Bertz CT molecular complexity index is 821. The Kier molecular flexibility index (Phi) is 8.60. The highest BCUT2D eigenvalue weighted by atomic mass is 35.5. The number of nitrogens with zero attached hydrogens (tertiary/aromatic N) is 1. The smallest absolute Gasteiger partial charge is 0.242 e. The highest BCUT2D eigenvalue weighted by Crippen LogP contribution is 2.18. The van der Waals surface area contributed by atoms with E-state index in [1.54, 1.807) is 11.8 Å². The van der Waals surface area contributed by atoms with Crippen LogP contribution in [0.5, 0.6) is 0 Å². The zero-order chi connectivity index (χ0) is 21.4. The molecule has 0 fully saturated rings. The van der Waals surface area contributed by atoms with Crippen molar-refractivity contribution in [3.05, 3.63) is 70.7 Å². The average Bonchev–Trinajstić information content (AvgIpc) is 2.65. The van der Waals surface area contributed by atoms with E-state index in [9.17, 15) is 9.59 Å². The quantitative estimate of drug-likeness (QED) is 0.645. The second-order valence-electron chi connectivity index (χ2n) is 8.05. The molecule has 29 heavy (non-hydrogen) atoms. The zero-order valence-electron chi connectivity index (χ0n) is 17.4. The minimum absolute atomic E-state index is 0.0579. The van der Waals surface area contributed by atoms with Crippen molar-refractivity contribution in [2.45, 2.75) is 51.6 Å². The molecule has 0 aliphatic rings. The van der Waals surface area contributed by atoms with Crippen LogP contribution in [0.4, 0.5) is 0 Å². The molecule has 2 rings (SSSR count). The summed E-state index contributed by atoms with van der Waals surface area (Å²) >= 11 is 7.55. The normalized spacial score (nSPS) is 12.3. The number of thioether (sulfide) groups is 1. The lowest BCUT2D eigenvalue weighted by atomic mass is 10.1. The van der Waals surface area contributed by atoms with Crippen molar-refractivity contribution in [1.29, 1.82) is 0 Å². The summed E-state index contributed by atoms with van der Waals surface area (Å²) in [6, 6.07) is 16.8. The Morgan fingerprint density at radius 2 is 1.72 bits per heavy atom. The van der Waals surface area contributed by atoms with E-state index in [1.165, 1.54) is 11.8 Å². The van der Waals surface area contributed by atoms with E-state index >= 15 is 0 Å². The first kappa shape index (κ1) is 23.3. The number of halogens is 1. The number of carbonyl (C=O) groups is 2. The van der Waals surface area contributed by atoms with Crippen LogP contribution in [0.2, 0.25) is 5.02 Å². The Morgan fingerprint density at radius 3 is 2.34 bits per heavy atom. The molecule has 0 saturated heterocycles.